The zero-order valence-corrected chi connectivity index (χ0v) is 14.7. The number of nitrogens with one attached hydrogen (secondary N) is 3. The third kappa shape index (κ3) is 4.29. The molecule has 0 spiro atoms. The lowest BCUT2D eigenvalue weighted by atomic mass is 9.92. The molecule has 132 valence electrons. The van der Waals surface area contributed by atoms with Crippen molar-refractivity contribution in [3.8, 4) is 0 Å². The zero-order chi connectivity index (χ0) is 16.2. The van der Waals surface area contributed by atoms with Crippen molar-refractivity contribution in [1.82, 2.24) is 15.6 Å². The number of piperidine rings is 1. The molecular formula is C18H26ClN3O2. The van der Waals surface area contributed by atoms with Gasteiger partial charge in [-0.2, -0.15) is 0 Å². The second-order valence-electron chi connectivity index (χ2n) is 6.53. The van der Waals surface area contributed by atoms with E-state index in [1.54, 1.807) is 0 Å². The van der Waals surface area contributed by atoms with Crippen molar-refractivity contribution in [2.45, 2.75) is 38.3 Å². The maximum atomic E-state index is 12.4. The minimum absolute atomic E-state index is 0. The SMILES string of the molecule is C[C@H]1C[C@@H](C(=O)NC(CO)Cc2c[nH]c3ccccc23)CCN1.Cl. The maximum Gasteiger partial charge on any atom is 0.223 e. The second-order valence-corrected chi connectivity index (χ2v) is 6.53. The summed E-state index contributed by atoms with van der Waals surface area (Å²) in [6, 6.07) is 8.22. The fourth-order valence-corrected chi connectivity index (χ4v) is 3.42. The van der Waals surface area contributed by atoms with Crippen molar-refractivity contribution in [3.63, 3.8) is 0 Å². The highest BCUT2D eigenvalue weighted by molar-refractivity contribution is 5.85. The third-order valence-electron chi connectivity index (χ3n) is 4.70. The number of rotatable bonds is 5. The topological polar surface area (TPSA) is 77.2 Å². The van der Waals surface area contributed by atoms with Crippen molar-refractivity contribution in [2.75, 3.05) is 13.2 Å². The number of aliphatic hydroxyl groups excluding tert-OH is 1. The molecule has 6 heteroatoms. The number of carbonyl (C=O) groups excluding carboxylic acids is 1. The molecular weight excluding hydrogens is 326 g/mol. The van der Waals surface area contributed by atoms with Crippen LogP contribution >= 0.6 is 12.4 Å². The van der Waals surface area contributed by atoms with Crippen LogP contribution in [0.5, 0.6) is 0 Å². The number of para-hydroxylation sites is 1. The normalized spacial score (nSPS) is 21.9. The number of hydrogen-bond acceptors (Lipinski definition) is 3. The number of carbonyl (C=O) groups is 1. The first-order chi connectivity index (χ1) is 11.2. The Morgan fingerprint density at radius 1 is 1.42 bits per heavy atom. The smallest absolute Gasteiger partial charge is 0.223 e. The van der Waals surface area contributed by atoms with E-state index in [0.29, 0.717) is 12.5 Å². The molecule has 1 aliphatic heterocycles. The lowest BCUT2D eigenvalue weighted by Crippen LogP contribution is -2.46. The summed E-state index contributed by atoms with van der Waals surface area (Å²) >= 11 is 0. The van der Waals surface area contributed by atoms with Crippen LogP contribution in [0.25, 0.3) is 10.9 Å². The van der Waals surface area contributed by atoms with Crippen LogP contribution in [0.1, 0.15) is 25.3 Å². The highest BCUT2D eigenvalue weighted by Crippen LogP contribution is 2.20. The monoisotopic (exact) mass is 351 g/mol. The summed E-state index contributed by atoms with van der Waals surface area (Å²) < 4.78 is 0. The summed E-state index contributed by atoms with van der Waals surface area (Å²) in [7, 11) is 0. The third-order valence-corrected chi connectivity index (χ3v) is 4.70. The van der Waals surface area contributed by atoms with Crippen LogP contribution in [0.3, 0.4) is 0 Å². The summed E-state index contributed by atoms with van der Waals surface area (Å²) in [4.78, 5) is 15.7. The molecule has 24 heavy (non-hydrogen) atoms. The minimum atomic E-state index is -0.244. The first-order valence-electron chi connectivity index (χ1n) is 8.37. The van der Waals surface area contributed by atoms with Gasteiger partial charge in [-0.05, 0) is 44.4 Å². The van der Waals surface area contributed by atoms with Gasteiger partial charge >= 0.3 is 0 Å². The molecule has 3 rings (SSSR count). The van der Waals surface area contributed by atoms with Crippen molar-refractivity contribution in [2.24, 2.45) is 5.92 Å². The minimum Gasteiger partial charge on any atom is -0.394 e. The molecule has 2 heterocycles. The Hall–Kier alpha value is -1.56. The van der Waals surface area contributed by atoms with Crippen LogP contribution in [0, 0.1) is 5.92 Å². The van der Waals surface area contributed by atoms with Crippen LogP contribution in [-0.4, -0.2) is 41.2 Å². The summed E-state index contributed by atoms with van der Waals surface area (Å²) in [5, 5.41) is 17.2. The van der Waals surface area contributed by atoms with Crippen molar-refractivity contribution < 1.29 is 9.90 Å². The molecule has 3 atom stereocenters. The number of aromatic amines is 1. The Kier molecular flexibility index (Phi) is 6.66. The van der Waals surface area contributed by atoms with E-state index in [1.807, 2.05) is 24.4 Å². The molecule has 1 fully saturated rings. The van der Waals surface area contributed by atoms with Gasteiger partial charge in [0.1, 0.15) is 0 Å². The van der Waals surface area contributed by atoms with E-state index >= 15 is 0 Å². The quantitative estimate of drug-likeness (QED) is 0.665. The number of fused-ring (bicyclic) bond motifs is 1. The molecule has 1 aromatic carbocycles. The van der Waals surface area contributed by atoms with Gasteiger partial charge in [0.25, 0.3) is 0 Å². The summed E-state index contributed by atoms with van der Waals surface area (Å²) in [6.07, 6.45) is 4.32. The average Bonchev–Trinajstić information content (AvgIpc) is 2.97. The lowest BCUT2D eigenvalue weighted by Gasteiger charge is -2.28. The van der Waals surface area contributed by atoms with Crippen LogP contribution in [0.4, 0.5) is 0 Å². The zero-order valence-electron chi connectivity index (χ0n) is 13.9. The molecule has 0 aliphatic carbocycles. The Labute approximate surface area is 148 Å². The molecule has 5 nitrogen and oxygen atoms in total. The molecule has 1 saturated heterocycles. The summed E-state index contributed by atoms with van der Waals surface area (Å²) in [5.41, 5.74) is 2.20. The fourth-order valence-electron chi connectivity index (χ4n) is 3.42. The summed E-state index contributed by atoms with van der Waals surface area (Å²) in [5.74, 6) is 0.112. The predicted octanol–water partition coefficient (Wildman–Crippen LogP) is 2.00. The molecule has 1 amide bonds. The van der Waals surface area contributed by atoms with E-state index in [9.17, 15) is 9.90 Å². The molecule has 0 saturated carbocycles. The Morgan fingerprint density at radius 3 is 2.96 bits per heavy atom. The Bertz CT molecular complexity index is 673. The van der Waals surface area contributed by atoms with Gasteiger partial charge < -0.3 is 20.7 Å². The van der Waals surface area contributed by atoms with Gasteiger partial charge in [0.05, 0.1) is 12.6 Å². The van der Waals surface area contributed by atoms with Crippen LogP contribution in [-0.2, 0) is 11.2 Å². The largest absolute Gasteiger partial charge is 0.394 e. The highest BCUT2D eigenvalue weighted by atomic mass is 35.5. The van der Waals surface area contributed by atoms with Gasteiger partial charge in [-0.25, -0.2) is 0 Å². The lowest BCUT2D eigenvalue weighted by molar-refractivity contribution is -0.127. The van der Waals surface area contributed by atoms with E-state index in [2.05, 4.69) is 28.6 Å². The number of halogens is 1. The highest BCUT2D eigenvalue weighted by Gasteiger charge is 2.26. The Balaban J connectivity index is 0.00000208. The van der Waals surface area contributed by atoms with E-state index in [1.165, 1.54) is 0 Å². The van der Waals surface area contributed by atoms with Crippen molar-refractivity contribution in [3.05, 3.63) is 36.0 Å². The van der Waals surface area contributed by atoms with Crippen LogP contribution in [0.2, 0.25) is 0 Å². The van der Waals surface area contributed by atoms with E-state index in [-0.39, 0.29) is 36.9 Å². The van der Waals surface area contributed by atoms with Crippen LogP contribution in [0.15, 0.2) is 30.5 Å². The number of aromatic nitrogens is 1. The molecule has 4 N–H and O–H groups in total. The molecule has 1 unspecified atom stereocenters. The molecule has 2 aromatic rings. The predicted molar refractivity (Wildman–Crippen MR) is 98.5 cm³/mol. The van der Waals surface area contributed by atoms with Gasteiger partial charge in [-0.1, -0.05) is 18.2 Å². The number of aliphatic hydroxyl groups is 1. The number of benzene rings is 1. The van der Waals surface area contributed by atoms with Crippen molar-refractivity contribution >= 4 is 29.2 Å². The number of amides is 1. The fraction of sp³-hybridized carbons (Fsp3) is 0.500. The number of H-pyrrole nitrogens is 1. The Morgan fingerprint density at radius 2 is 2.21 bits per heavy atom. The van der Waals surface area contributed by atoms with Gasteiger partial charge in [0, 0.05) is 29.1 Å². The van der Waals surface area contributed by atoms with Crippen molar-refractivity contribution in [1.29, 1.82) is 0 Å². The first kappa shape index (κ1) is 18.8. The average molecular weight is 352 g/mol. The van der Waals surface area contributed by atoms with Gasteiger partial charge in [0.2, 0.25) is 5.91 Å². The van der Waals surface area contributed by atoms with E-state index in [0.717, 1.165) is 35.9 Å². The van der Waals surface area contributed by atoms with Gasteiger partial charge in [0.15, 0.2) is 0 Å². The molecule has 1 aromatic heterocycles. The van der Waals surface area contributed by atoms with Gasteiger partial charge in [-0.3, -0.25) is 4.79 Å². The number of hydrogen-bond donors (Lipinski definition) is 4. The molecule has 0 bridgehead atoms. The van der Waals surface area contributed by atoms with E-state index in [4.69, 9.17) is 0 Å². The van der Waals surface area contributed by atoms with E-state index < -0.39 is 0 Å². The molecule has 0 radical (unpaired) electrons. The maximum absolute atomic E-state index is 12.4. The molecule has 1 aliphatic rings. The summed E-state index contributed by atoms with van der Waals surface area (Å²) in [6.45, 7) is 2.94. The first-order valence-corrected chi connectivity index (χ1v) is 8.37. The second kappa shape index (κ2) is 8.51. The standard InChI is InChI=1S/C18H25N3O2.ClH/c1-12-8-13(6-7-19-12)18(23)21-15(11-22)9-14-10-20-17-5-3-2-4-16(14)17;/h2-5,10,12-13,15,19-20,22H,6-9,11H2,1H3,(H,21,23);1H/t12-,13-,15?;/m0./s1. The van der Waals surface area contributed by atoms with Crippen LogP contribution < -0.4 is 10.6 Å². The van der Waals surface area contributed by atoms with Gasteiger partial charge in [-0.15, -0.1) is 12.4 Å².